The lowest BCUT2D eigenvalue weighted by Crippen LogP contribution is -2.14. The van der Waals surface area contributed by atoms with Crippen LogP contribution in [0, 0.1) is 6.92 Å². The van der Waals surface area contributed by atoms with Crippen molar-refractivity contribution in [1.82, 2.24) is 10.3 Å². The number of primary amides is 1. The van der Waals surface area contributed by atoms with Crippen LogP contribution in [-0.4, -0.2) is 10.9 Å². The molecule has 1 heterocycles. The SMILES string of the molecule is Cc1ncsc1CNCc1cccc(C(N)=O)c1. The standard InChI is InChI=1S/C13H15N3OS/c1-9-12(18-8-16-9)7-15-6-10-3-2-4-11(5-10)13(14)17/h2-5,8,15H,6-7H2,1H3,(H2,14,17). The molecule has 94 valence electrons. The molecule has 0 bridgehead atoms. The Morgan fingerprint density at radius 1 is 1.44 bits per heavy atom. The van der Waals surface area contributed by atoms with Crippen molar-refractivity contribution in [3.05, 3.63) is 51.5 Å². The van der Waals surface area contributed by atoms with Gasteiger partial charge in [0.15, 0.2) is 0 Å². The molecule has 1 amide bonds. The largest absolute Gasteiger partial charge is 0.366 e. The maximum Gasteiger partial charge on any atom is 0.248 e. The molecule has 18 heavy (non-hydrogen) atoms. The maximum atomic E-state index is 11.1. The highest BCUT2D eigenvalue weighted by Gasteiger charge is 2.03. The summed E-state index contributed by atoms with van der Waals surface area (Å²) in [5.74, 6) is -0.393. The molecule has 0 unspecified atom stereocenters. The van der Waals surface area contributed by atoms with E-state index < -0.39 is 5.91 Å². The molecule has 0 radical (unpaired) electrons. The molecule has 0 saturated heterocycles. The summed E-state index contributed by atoms with van der Waals surface area (Å²) in [5.41, 5.74) is 9.75. The van der Waals surface area contributed by atoms with Gasteiger partial charge in [-0.05, 0) is 24.6 Å². The van der Waals surface area contributed by atoms with Gasteiger partial charge in [-0.1, -0.05) is 12.1 Å². The number of benzene rings is 1. The normalized spacial score (nSPS) is 10.5. The van der Waals surface area contributed by atoms with Gasteiger partial charge >= 0.3 is 0 Å². The van der Waals surface area contributed by atoms with E-state index in [-0.39, 0.29) is 0 Å². The van der Waals surface area contributed by atoms with Gasteiger partial charge in [0.05, 0.1) is 11.2 Å². The summed E-state index contributed by atoms with van der Waals surface area (Å²) in [7, 11) is 0. The topological polar surface area (TPSA) is 68.0 Å². The summed E-state index contributed by atoms with van der Waals surface area (Å²) in [6, 6.07) is 7.35. The lowest BCUT2D eigenvalue weighted by Gasteiger charge is -2.05. The van der Waals surface area contributed by atoms with Crippen molar-refractivity contribution >= 4 is 17.2 Å². The van der Waals surface area contributed by atoms with E-state index in [1.54, 1.807) is 17.4 Å². The molecular weight excluding hydrogens is 246 g/mol. The first-order valence-corrected chi connectivity index (χ1v) is 6.53. The van der Waals surface area contributed by atoms with E-state index in [2.05, 4.69) is 10.3 Å². The van der Waals surface area contributed by atoms with Crippen LogP contribution >= 0.6 is 11.3 Å². The lowest BCUT2D eigenvalue weighted by atomic mass is 10.1. The summed E-state index contributed by atoms with van der Waals surface area (Å²) in [6.45, 7) is 3.50. The second-order valence-electron chi connectivity index (χ2n) is 4.03. The molecule has 0 atom stereocenters. The van der Waals surface area contributed by atoms with Gasteiger partial charge in [-0.3, -0.25) is 4.79 Å². The number of nitrogens with two attached hydrogens (primary N) is 1. The zero-order valence-corrected chi connectivity index (χ0v) is 11.0. The summed E-state index contributed by atoms with van der Waals surface area (Å²) in [6.07, 6.45) is 0. The molecular formula is C13H15N3OS. The number of hydrogen-bond acceptors (Lipinski definition) is 4. The monoisotopic (exact) mass is 261 g/mol. The van der Waals surface area contributed by atoms with E-state index in [4.69, 9.17) is 5.73 Å². The minimum Gasteiger partial charge on any atom is -0.366 e. The van der Waals surface area contributed by atoms with Gasteiger partial charge in [-0.25, -0.2) is 4.98 Å². The van der Waals surface area contributed by atoms with Crippen molar-refractivity contribution in [1.29, 1.82) is 0 Å². The molecule has 2 aromatic rings. The van der Waals surface area contributed by atoms with Gasteiger partial charge < -0.3 is 11.1 Å². The molecule has 0 spiro atoms. The van der Waals surface area contributed by atoms with Crippen LogP contribution in [0.2, 0.25) is 0 Å². The molecule has 0 saturated carbocycles. The number of aromatic nitrogens is 1. The molecule has 5 heteroatoms. The summed E-state index contributed by atoms with van der Waals surface area (Å²) >= 11 is 1.65. The lowest BCUT2D eigenvalue weighted by molar-refractivity contribution is 0.1000. The van der Waals surface area contributed by atoms with E-state index in [1.807, 2.05) is 30.6 Å². The van der Waals surface area contributed by atoms with Crippen molar-refractivity contribution in [3.63, 3.8) is 0 Å². The molecule has 1 aromatic carbocycles. The highest BCUT2D eigenvalue weighted by Crippen LogP contribution is 2.12. The van der Waals surface area contributed by atoms with Crippen LogP contribution in [0.15, 0.2) is 29.8 Å². The number of carbonyl (C=O) groups is 1. The Kier molecular flexibility index (Phi) is 4.07. The first-order valence-electron chi connectivity index (χ1n) is 5.65. The van der Waals surface area contributed by atoms with Crippen LogP contribution in [0.1, 0.15) is 26.5 Å². The third-order valence-corrected chi connectivity index (χ3v) is 3.61. The number of aryl methyl sites for hydroxylation is 1. The zero-order valence-electron chi connectivity index (χ0n) is 10.1. The van der Waals surface area contributed by atoms with Crippen molar-refractivity contribution in [2.24, 2.45) is 5.73 Å². The highest BCUT2D eigenvalue weighted by molar-refractivity contribution is 7.09. The van der Waals surface area contributed by atoms with E-state index >= 15 is 0 Å². The fourth-order valence-electron chi connectivity index (χ4n) is 1.65. The fraction of sp³-hybridized carbons (Fsp3) is 0.231. The molecule has 0 aliphatic carbocycles. The van der Waals surface area contributed by atoms with Crippen LogP contribution in [-0.2, 0) is 13.1 Å². The van der Waals surface area contributed by atoms with Crippen molar-refractivity contribution in [2.75, 3.05) is 0 Å². The Balaban J connectivity index is 1.92. The molecule has 0 aliphatic heterocycles. The van der Waals surface area contributed by atoms with E-state index in [1.165, 1.54) is 4.88 Å². The number of nitrogens with zero attached hydrogens (tertiary/aromatic N) is 1. The minimum atomic E-state index is -0.393. The Morgan fingerprint density at radius 2 is 2.28 bits per heavy atom. The number of thiazole rings is 1. The Labute approximate surface area is 110 Å². The molecule has 1 aromatic heterocycles. The first-order chi connectivity index (χ1) is 8.66. The average molecular weight is 261 g/mol. The number of nitrogens with one attached hydrogen (secondary N) is 1. The summed E-state index contributed by atoms with van der Waals surface area (Å²) < 4.78 is 0. The van der Waals surface area contributed by atoms with Gasteiger partial charge in [0.25, 0.3) is 0 Å². The second-order valence-corrected chi connectivity index (χ2v) is 4.97. The van der Waals surface area contributed by atoms with Gasteiger partial charge in [-0.2, -0.15) is 0 Å². The predicted molar refractivity (Wildman–Crippen MR) is 72.4 cm³/mol. The minimum absolute atomic E-state index is 0.393. The molecule has 2 rings (SSSR count). The van der Waals surface area contributed by atoms with Crippen molar-refractivity contribution in [3.8, 4) is 0 Å². The second kappa shape index (κ2) is 5.75. The summed E-state index contributed by atoms with van der Waals surface area (Å²) in [4.78, 5) is 16.5. The zero-order chi connectivity index (χ0) is 13.0. The van der Waals surface area contributed by atoms with Crippen LogP contribution < -0.4 is 11.1 Å². The van der Waals surface area contributed by atoms with E-state index in [0.717, 1.165) is 17.8 Å². The van der Waals surface area contributed by atoms with Crippen molar-refractivity contribution in [2.45, 2.75) is 20.0 Å². The van der Waals surface area contributed by atoms with Gasteiger partial charge in [0, 0.05) is 23.5 Å². The third kappa shape index (κ3) is 3.15. The molecule has 3 N–H and O–H groups in total. The maximum absolute atomic E-state index is 11.1. The quantitative estimate of drug-likeness (QED) is 0.863. The number of carbonyl (C=O) groups excluding carboxylic acids is 1. The average Bonchev–Trinajstić information content (AvgIpc) is 2.76. The van der Waals surface area contributed by atoms with Gasteiger partial charge in [-0.15, -0.1) is 11.3 Å². The Hall–Kier alpha value is -1.72. The van der Waals surface area contributed by atoms with Crippen LogP contribution in [0.5, 0.6) is 0 Å². The van der Waals surface area contributed by atoms with Crippen molar-refractivity contribution < 1.29 is 4.79 Å². The van der Waals surface area contributed by atoms with Crippen LogP contribution in [0.25, 0.3) is 0 Å². The molecule has 0 aliphatic rings. The van der Waals surface area contributed by atoms with E-state index in [0.29, 0.717) is 12.1 Å². The first kappa shape index (κ1) is 12.7. The fourth-order valence-corrected chi connectivity index (χ4v) is 2.40. The smallest absolute Gasteiger partial charge is 0.248 e. The number of amides is 1. The van der Waals surface area contributed by atoms with Gasteiger partial charge in [0.1, 0.15) is 0 Å². The molecule has 4 nitrogen and oxygen atoms in total. The van der Waals surface area contributed by atoms with E-state index in [9.17, 15) is 4.79 Å². The molecule has 0 fully saturated rings. The van der Waals surface area contributed by atoms with Gasteiger partial charge in [0.2, 0.25) is 5.91 Å². The predicted octanol–water partition coefficient (Wildman–Crippen LogP) is 1.84. The third-order valence-electron chi connectivity index (χ3n) is 2.67. The number of hydrogen-bond donors (Lipinski definition) is 2. The van der Waals surface area contributed by atoms with Crippen LogP contribution in [0.4, 0.5) is 0 Å². The van der Waals surface area contributed by atoms with Crippen LogP contribution in [0.3, 0.4) is 0 Å². The summed E-state index contributed by atoms with van der Waals surface area (Å²) in [5, 5.41) is 3.33. The Morgan fingerprint density at radius 3 is 2.94 bits per heavy atom. The Bertz CT molecular complexity index is 551. The number of rotatable bonds is 5. The highest BCUT2D eigenvalue weighted by atomic mass is 32.1.